The van der Waals surface area contributed by atoms with Crippen molar-refractivity contribution in [3.63, 3.8) is 0 Å². The number of rotatable bonds is 8. The molecule has 13 aromatic rings. The molecule has 0 aliphatic heterocycles. The Labute approximate surface area is 411 Å². The quantitative estimate of drug-likeness (QED) is 0.147. The minimum atomic E-state index is -0.500. The van der Waals surface area contributed by atoms with Crippen molar-refractivity contribution < 1.29 is 0 Å². The second kappa shape index (κ2) is 16.2. The molecule has 328 valence electrons. The summed E-state index contributed by atoms with van der Waals surface area (Å²) in [6, 6.07) is 98.4. The number of benzene rings is 11. The maximum atomic E-state index is 2.47. The number of aromatic nitrogens is 1. The van der Waals surface area contributed by atoms with E-state index >= 15 is 0 Å². The fourth-order valence-corrected chi connectivity index (χ4v) is 12.8. The molecule has 0 N–H and O–H groups in total. The Hall–Kier alpha value is -8.76. The highest BCUT2D eigenvalue weighted by Gasteiger charge is 2.46. The molecule has 0 amide bonds. The Morgan fingerprint density at radius 2 is 0.886 bits per heavy atom. The molecule has 14 rings (SSSR count). The van der Waals surface area contributed by atoms with Gasteiger partial charge in [0.2, 0.25) is 0 Å². The molecule has 2 nitrogen and oxygen atoms in total. The third kappa shape index (κ3) is 6.19. The van der Waals surface area contributed by atoms with Gasteiger partial charge in [0.05, 0.1) is 26.8 Å². The highest BCUT2D eigenvalue weighted by atomic mass is 32.1. The molecule has 2 heterocycles. The summed E-state index contributed by atoms with van der Waals surface area (Å²) in [5.74, 6) is 0. The van der Waals surface area contributed by atoms with Crippen molar-refractivity contribution in [2.45, 2.75) is 5.41 Å². The van der Waals surface area contributed by atoms with Crippen molar-refractivity contribution in [2.75, 3.05) is 4.90 Å². The van der Waals surface area contributed by atoms with Crippen LogP contribution in [0, 0.1) is 0 Å². The molecule has 0 fully saturated rings. The van der Waals surface area contributed by atoms with Gasteiger partial charge in [-0.25, -0.2) is 0 Å². The van der Waals surface area contributed by atoms with Crippen molar-refractivity contribution in [3.8, 4) is 39.1 Å². The van der Waals surface area contributed by atoms with E-state index in [9.17, 15) is 0 Å². The molecule has 0 saturated heterocycles. The van der Waals surface area contributed by atoms with Crippen LogP contribution in [-0.2, 0) is 5.41 Å². The van der Waals surface area contributed by atoms with Crippen molar-refractivity contribution in [3.05, 3.63) is 289 Å². The number of fused-ring (bicyclic) bond motifs is 9. The predicted molar refractivity (Wildman–Crippen MR) is 297 cm³/mol. The molecule has 0 atom stereocenters. The first-order chi connectivity index (χ1) is 34.7. The molecule has 3 heteroatoms. The van der Waals surface area contributed by atoms with Crippen molar-refractivity contribution in [1.82, 2.24) is 4.57 Å². The molecule has 2 aromatic heterocycles. The van der Waals surface area contributed by atoms with Crippen LogP contribution < -0.4 is 4.90 Å². The van der Waals surface area contributed by atoms with E-state index in [1.165, 1.54) is 97.7 Å². The molecule has 1 aliphatic carbocycles. The van der Waals surface area contributed by atoms with Crippen LogP contribution in [0.5, 0.6) is 0 Å². The maximum absolute atomic E-state index is 2.47. The van der Waals surface area contributed by atoms with Gasteiger partial charge < -0.3 is 9.47 Å². The van der Waals surface area contributed by atoms with Crippen LogP contribution in [0.4, 0.5) is 17.1 Å². The van der Waals surface area contributed by atoms with E-state index in [0.29, 0.717) is 0 Å². The third-order valence-electron chi connectivity index (χ3n) is 14.6. The van der Waals surface area contributed by atoms with Crippen LogP contribution in [0.3, 0.4) is 0 Å². The lowest BCUT2D eigenvalue weighted by atomic mass is 9.67. The van der Waals surface area contributed by atoms with E-state index in [4.69, 9.17) is 0 Å². The van der Waals surface area contributed by atoms with Crippen LogP contribution in [0.2, 0.25) is 0 Å². The Balaban J connectivity index is 0.882. The van der Waals surface area contributed by atoms with E-state index in [0.717, 1.165) is 22.6 Å². The number of para-hydroxylation sites is 2. The fourth-order valence-electron chi connectivity index (χ4n) is 11.6. The van der Waals surface area contributed by atoms with Gasteiger partial charge in [-0.15, -0.1) is 11.3 Å². The normalized spacial score (nSPS) is 12.7. The van der Waals surface area contributed by atoms with Crippen LogP contribution in [0.1, 0.15) is 22.3 Å². The predicted octanol–water partition coefficient (Wildman–Crippen LogP) is 18.3. The Morgan fingerprint density at radius 1 is 0.329 bits per heavy atom. The standard InChI is InChI=1S/C67H44N2S/c1-4-22-49(23-5-1)67(50-24-6-2-7-25-50)60-33-13-10-29-54(60)55-39-38-53(44-61(55)67)68(51-26-8-3-9-27-51)52-28-17-21-47(42-52)45-19-16-20-46(41-45)48-37-40-63-59(43-48)56-30-11-14-34-62(56)69(63)64-35-18-32-58-57-31-12-15-36-65(57)70-66(58)64/h1-44H. The first-order valence-electron chi connectivity index (χ1n) is 24.1. The summed E-state index contributed by atoms with van der Waals surface area (Å²) in [5.41, 5.74) is 18.8. The second-order valence-electron chi connectivity index (χ2n) is 18.4. The van der Waals surface area contributed by atoms with Gasteiger partial charge in [-0.1, -0.05) is 194 Å². The lowest BCUT2D eigenvalue weighted by molar-refractivity contribution is 0.768. The summed E-state index contributed by atoms with van der Waals surface area (Å²) in [7, 11) is 0. The summed E-state index contributed by atoms with van der Waals surface area (Å²) in [5, 5.41) is 5.12. The minimum Gasteiger partial charge on any atom is -0.310 e. The molecule has 0 radical (unpaired) electrons. The van der Waals surface area contributed by atoms with Gasteiger partial charge in [0.15, 0.2) is 0 Å². The van der Waals surface area contributed by atoms with Crippen LogP contribution >= 0.6 is 11.3 Å². The monoisotopic (exact) mass is 908 g/mol. The zero-order chi connectivity index (χ0) is 46.2. The second-order valence-corrected chi connectivity index (χ2v) is 19.4. The molecule has 11 aromatic carbocycles. The van der Waals surface area contributed by atoms with Gasteiger partial charge in [-0.2, -0.15) is 0 Å². The van der Waals surface area contributed by atoms with Gasteiger partial charge in [0, 0.05) is 43.3 Å². The Morgan fingerprint density at radius 3 is 1.67 bits per heavy atom. The summed E-state index contributed by atoms with van der Waals surface area (Å²) in [6.07, 6.45) is 0. The average Bonchev–Trinajstić information content (AvgIpc) is 4.08. The van der Waals surface area contributed by atoms with Gasteiger partial charge in [0.1, 0.15) is 0 Å². The van der Waals surface area contributed by atoms with Gasteiger partial charge >= 0.3 is 0 Å². The number of thiophene rings is 1. The SMILES string of the molecule is c1ccc(N(c2cccc(-c3cccc(-c4ccc5c(c4)c4ccccc4n5-c4cccc5c4sc4ccccc45)c3)c2)c2ccc3c(c2)C(c2ccccc2)(c2ccccc2)c2ccccc2-3)cc1. The summed E-state index contributed by atoms with van der Waals surface area (Å²) in [4.78, 5) is 2.42. The largest absolute Gasteiger partial charge is 0.310 e. The van der Waals surface area contributed by atoms with Crippen LogP contribution in [0.25, 0.3) is 81.0 Å². The molecule has 0 spiro atoms. The lowest BCUT2D eigenvalue weighted by Crippen LogP contribution is -2.28. The molecular formula is C67H44N2S. The highest BCUT2D eigenvalue weighted by Crippen LogP contribution is 2.57. The average molecular weight is 909 g/mol. The minimum absolute atomic E-state index is 0.500. The third-order valence-corrected chi connectivity index (χ3v) is 15.9. The zero-order valence-corrected chi connectivity index (χ0v) is 39.0. The first kappa shape index (κ1) is 40.3. The van der Waals surface area contributed by atoms with Gasteiger partial charge in [0.25, 0.3) is 0 Å². The van der Waals surface area contributed by atoms with Gasteiger partial charge in [-0.3, -0.25) is 0 Å². The molecular weight excluding hydrogens is 865 g/mol. The first-order valence-corrected chi connectivity index (χ1v) is 24.9. The van der Waals surface area contributed by atoms with Crippen LogP contribution in [0.15, 0.2) is 267 Å². The number of hydrogen-bond acceptors (Lipinski definition) is 2. The molecule has 70 heavy (non-hydrogen) atoms. The maximum Gasteiger partial charge on any atom is 0.0714 e. The van der Waals surface area contributed by atoms with E-state index < -0.39 is 5.41 Å². The topological polar surface area (TPSA) is 8.17 Å². The molecule has 0 saturated carbocycles. The number of hydrogen-bond donors (Lipinski definition) is 0. The van der Waals surface area contributed by atoms with Crippen molar-refractivity contribution in [1.29, 1.82) is 0 Å². The summed E-state index contributed by atoms with van der Waals surface area (Å²) < 4.78 is 5.09. The fraction of sp³-hybridized carbons (Fsp3) is 0.0149. The Bertz CT molecular complexity index is 4090. The van der Waals surface area contributed by atoms with Crippen LogP contribution in [-0.4, -0.2) is 4.57 Å². The zero-order valence-electron chi connectivity index (χ0n) is 38.2. The number of anilines is 3. The smallest absolute Gasteiger partial charge is 0.0714 e. The summed E-state index contributed by atoms with van der Waals surface area (Å²) in [6.45, 7) is 0. The molecule has 1 aliphatic rings. The molecule has 0 unspecified atom stereocenters. The lowest BCUT2D eigenvalue weighted by Gasteiger charge is -2.35. The molecule has 0 bridgehead atoms. The van der Waals surface area contributed by atoms with Gasteiger partial charge in [-0.05, 0) is 128 Å². The summed E-state index contributed by atoms with van der Waals surface area (Å²) >= 11 is 1.88. The number of nitrogens with zero attached hydrogens (tertiary/aromatic N) is 2. The van der Waals surface area contributed by atoms with E-state index in [2.05, 4.69) is 276 Å². The van der Waals surface area contributed by atoms with Crippen molar-refractivity contribution in [2.24, 2.45) is 0 Å². The van der Waals surface area contributed by atoms with E-state index in [1.807, 2.05) is 11.3 Å². The van der Waals surface area contributed by atoms with Crippen molar-refractivity contribution >= 4 is 70.4 Å². The van der Waals surface area contributed by atoms with E-state index in [-0.39, 0.29) is 0 Å². The highest BCUT2D eigenvalue weighted by molar-refractivity contribution is 7.26. The Kier molecular flexibility index (Phi) is 9.33. The van der Waals surface area contributed by atoms with E-state index in [1.54, 1.807) is 0 Å².